The molecule has 0 amide bonds. The molecule has 0 aliphatic carbocycles. The van der Waals surface area contributed by atoms with Crippen LogP contribution in [0.15, 0.2) is 0 Å². The van der Waals surface area contributed by atoms with E-state index in [-0.39, 0.29) is 24.6 Å². The van der Waals surface area contributed by atoms with E-state index in [1.807, 2.05) is 0 Å². The van der Waals surface area contributed by atoms with Crippen LogP contribution in [0.5, 0.6) is 0 Å². The molecule has 3 rings (SSSR count). The zero-order valence-electron chi connectivity index (χ0n) is 10.2. The lowest BCUT2D eigenvalue weighted by Gasteiger charge is -2.43. The Morgan fingerprint density at radius 2 is 2.00 bits per heavy atom. The van der Waals surface area contributed by atoms with Gasteiger partial charge in [0.15, 0.2) is 6.29 Å². The fourth-order valence-electron chi connectivity index (χ4n) is 3.14. The van der Waals surface area contributed by atoms with Gasteiger partial charge in [-0.25, -0.2) is 0 Å². The highest BCUT2D eigenvalue weighted by Gasteiger charge is 2.41. The van der Waals surface area contributed by atoms with Gasteiger partial charge in [-0.1, -0.05) is 0 Å². The first-order valence-electron chi connectivity index (χ1n) is 6.93. The quantitative estimate of drug-likeness (QED) is 0.799. The third-order valence-corrected chi connectivity index (χ3v) is 4.10. The van der Waals surface area contributed by atoms with E-state index in [0.29, 0.717) is 0 Å². The number of aliphatic hydroxyl groups is 1. The van der Waals surface area contributed by atoms with E-state index in [0.717, 1.165) is 45.1 Å². The van der Waals surface area contributed by atoms with Crippen LogP contribution in [-0.4, -0.2) is 42.4 Å². The Morgan fingerprint density at radius 3 is 2.82 bits per heavy atom. The first-order valence-corrected chi connectivity index (χ1v) is 6.93. The van der Waals surface area contributed by atoms with Gasteiger partial charge in [0.25, 0.3) is 0 Å². The summed E-state index contributed by atoms with van der Waals surface area (Å²) in [6, 6.07) is 0. The minimum absolute atomic E-state index is 0.0175. The third-order valence-electron chi connectivity index (χ3n) is 4.10. The van der Waals surface area contributed by atoms with Gasteiger partial charge in [0.05, 0.1) is 18.3 Å². The number of hydrogen-bond donors (Lipinski definition) is 1. The predicted molar refractivity (Wildman–Crippen MR) is 61.6 cm³/mol. The molecule has 2 bridgehead atoms. The molecule has 98 valence electrons. The molecule has 1 N–H and O–H groups in total. The van der Waals surface area contributed by atoms with Crippen LogP contribution in [0, 0.1) is 0 Å². The maximum Gasteiger partial charge on any atom is 0.158 e. The Kier molecular flexibility index (Phi) is 3.66. The molecule has 3 fully saturated rings. The lowest BCUT2D eigenvalue weighted by molar-refractivity contribution is -0.256. The van der Waals surface area contributed by atoms with Gasteiger partial charge < -0.3 is 19.3 Å². The second-order valence-electron chi connectivity index (χ2n) is 5.42. The van der Waals surface area contributed by atoms with E-state index in [2.05, 4.69) is 0 Å². The summed E-state index contributed by atoms with van der Waals surface area (Å²) in [7, 11) is 0. The van der Waals surface area contributed by atoms with Crippen LogP contribution in [0.3, 0.4) is 0 Å². The number of aliphatic hydroxyl groups excluding tert-OH is 1. The highest BCUT2D eigenvalue weighted by molar-refractivity contribution is 4.90. The Labute approximate surface area is 102 Å². The normalized spacial score (nSPS) is 46.8. The number of rotatable bonds is 2. The first kappa shape index (κ1) is 11.9. The molecule has 4 heteroatoms. The summed E-state index contributed by atoms with van der Waals surface area (Å²) in [4.78, 5) is 0. The Balaban J connectivity index is 1.58. The van der Waals surface area contributed by atoms with E-state index in [1.165, 1.54) is 6.42 Å². The molecule has 3 saturated heterocycles. The SMILES string of the molecule is OC1C2CCCC(CC1OC1CCCCO1)O2. The lowest BCUT2D eigenvalue weighted by Crippen LogP contribution is -2.52. The number of fused-ring (bicyclic) bond motifs is 2. The second-order valence-corrected chi connectivity index (χ2v) is 5.42. The van der Waals surface area contributed by atoms with Gasteiger partial charge in [-0.2, -0.15) is 0 Å². The first-order chi connectivity index (χ1) is 8.33. The summed E-state index contributed by atoms with van der Waals surface area (Å²) in [6.07, 6.45) is 6.88. The van der Waals surface area contributed by atoms with Gasteiger partial charge in [0, 0.05) is 13.0 Å². The molecule has 5 atom stereocenters. The van der Waals surface area contributed by atoms with Crippen LogP contribution < -0.4 is 0 Å². The molecule has 3 aliphatic heterocycles. The van der Waals surface area contributed by atoms with Gasteiger partial charge in [-0.15, -0.1) is 0 Å². The van der Waals surface area contributed by atoms with Gasteiger partial charge in [0.2, 0.25) is 0 Å². The average molecular weight is 242 g/mol. The maximum absolute atomic E-state index is 10.2. The van der Waals surface area contributed by atoms with Crippen molar-refractivity contribution in [2.45, 2.75) is 75.7 Å². The van der Waals surface area contributed by atoms with E-state index in [9.17, 15) is 5.11 Å². The van der Waals surface area contributed by atoms with Crippen molar-refractivity contribution in [3.63, 3.8) is 0 Å². The van der Waals surface area contributed by atoms with Gasteiger partial charge in [-0.05, 0) is 38.5 Å². The summed E-state index contributed by atoms with van der Waals surface area (Å²) in [5, 5.41) is 10.2. The van der Waals surface area contributed by atoms with Crippen LogP contribution in [0.2, 0.25) is 0 Å². The van der Waals surface area contributed by atoms with Crippen molar-refractivity contribution in [2.24, 2.45) is 0 Å². The second kappa shape index (κ2) is 5.22. The minimum Gasteiger partial charge on any atom is -0.388 e. The Hall–Kier alpha value is -0.160. The molecule has 0 aromatic carbocycles. The molecule has 5 unspecified atom stereocenters. The highest BCUT2D eigenvalue weighted by atomic mass is 16.7. The number of ether oxygens (including phenoxy) is 3. The van der Waals surface area contributed by atoms with Crippen LogP contribution in [0.4, 0.5) is 0 Å². The molecule has 0 aromatic heterocycles. The molecular weight excluding hydrogens is 220 g/mol. The molecule has 0 spiro atoms. The molecule has 0 saturated carbocycles. The highest BCUT2D eigenvalue weighted by Crippen LogP contribution is 2.33. The van der Waals surface area contributed by atoms with Gasteiger partial charge >= 0.3 is 0 Å². The largest absolute Gasteiger partial charge is 0.388 e. The van der Waals surface area contributed by atoms with Crippen LogP contribution in [0.1, 0.15) is 44.9 Å². The smallest absolute Gasteiger partial charge is 0.158 e. The molecule has 3 heterocycles. The molecule has 3 aliphatic rings. The van der Waals surface area contributed by atoms with Crippen molar-refractivity contribution in [1.82, 2.24) is 0 Å². The predicted octanol–water partition coefficient (Wildman–Crippen LogP) is 1.60. The third kappa shape index (κ3) is 2.65. The number of hydrogen-bond acceptors (Lipinski definition) is 4. The van der Waals surface area contributed by atoms with E-state index < -0.39 is 6.10 Å². The summed E-state index contributed by atoms with van der Waals surface area (Å²) in [5.74, 6) is 0. The minimum atomic E-state index is -0.475. The van der Waals surface area contributed by atoms with Crippen LogP contribution >= 0.6 is 0 Å². The summed E-state index contributed by atoms with van der Waals surface area (Å²) in [5.41, 5.74) is 0. The topological polar surface area (TPSA) is 47.9 Å². The van der Waals surface area contributed by atoms with E-state index in [4.69, 9.17) is 14.2 Å². The van der Waals surface area contributed by atoms with Crippen molar-refractivity contribution < 1.29 is 19.3 Å². The van der Waals surface area contributed by atoms with Gasteiger partial charge in [-0.3, -0.25) is 0 Å². The van der Waals surface area contributed by atoms with E-state index >= 15 is 0 Å². The van der Waals surface area contributed by atoms with Crippen molar-refractivity contribution in [3.05, 3.63) is 0 Å². The van der Waals surface area contributed by atoms with Gasteiger partial charge in [0.1, 0.15) is 6.10 Å². The summed E-state index contributed by atoms with van der Waals surface area (Å²) in [6.45, 7) is 0.789. The van der Waals surface area contributed by atoms with Crippen LogP contribution in [0.25, 0.3) is 0 Å². The fourth-order valence-corrected chi connectivity index (χ4v) is 3.14. The molecular formula is C13H22O4. The monoisotopic (exact) mass is 242 g/mol. The van der Waals surface area contributed by atoms with Crippen molar-refractivity contribution >= 4 is 0 Å². The lowest BCUT2D eigenvalue weighted by atomic mass is 9.88. The molecule has 0 radical (unpaired) electrons. The summed E-state index contributed by atoms with van der Waals surface area (Å²) >= 11 is 0. The Bertz CT molecular complexity index is 252. The van der Waals surface area contributed by atoms with Crippen LogP contribution in [-0.2, 0) is 14.2 Å². The zero-order chi connectivity index (χ0) is 11.7. The molecule has 4 nitrogen and oxygen atoms in total. The Morgan fingerprint density at radius 1 is 1.06 bits per heavy atom. The van der Waals surface area contributed by atoms with Crippen molar-refractivity contribution in [1.29, 1.82) is 0 Å². The van der Waals surface area contributed by atoms with Crippen molar-refractivity contribution in [2.75, 3.05) is 6.61 Å². The fraction of sp³-hybridized carbons (Fsp3) is 1.00. The molecule has 17 heavy (non-hydrogen) atoms. The van der Waals surface area contributed by atoms with Crippen molar-refractivity contribution in [3.8, 4) is 0 Å². The standard InChI is InChI=1S/C13H22O4/c14-13-10-5-3-4-9(16-10)8-11(13)17-12-6-1-2-7-15-12/h9-14H,1-8H2. The maximum atomic E-state index is 10.2. The average Bonchev–Trinajstić information content (AvgIpc) is 2.37. The zero-order valence-corrected chi connectivity index (χ0v) is 10.2. The van der Waals surface area contributed by atoms with E-state index in [1.54, 1.807) is 0 Å². The molecule has 0 aromatic rings. The summed E-state index contributed by atoms with van der Waals surface area (Å²) < 4.78 is 17.3.